The average Bonchev–Trinajstić information content (AvgIpc) is 2.61. The van der Waals surface area contributed by atoms with Crippen molar-refractivity contribution < 1.29 is 14.4 Å². The lowest BCUT2D eigenvalue weighted by atomic mass is 9.95. The molecule has 2 N–H and O–H groups in total. The molecule has 0 atom stereocenters. The first-order valence-electron chi connectivity index (χ1n) is 8.62. The van der Waals surface area contributed by atoms with Crippen LogP contribution in [-0.2, 0) is 4.79 Å². The van der Waals surface area contributed by atoms with E-state index in [1.54, 1.807) is 62.6 Å². The molecular weight excluding hydrogens is 342 g/mol. The van der Waals surface area contributed by atoms with Gasteiger partial charge in [-0.3, -0.25) is 14.4 Å². The first kappa shape index (κ1) is 20.2. The molecule has 0 heterocycles. The van der Waals surface area contributed by atoms with Gasteiger partial charge in [0.1, 0.15) is 0 Å². The van der Waals surface area contributed by atoms with Crippen molar-refractivity contribution in [2.45, 2.75) is 20.8 Å². The molecule has 0 unspecified atom stereocenters. The molecule has 27 heavy (non-hydrogen) atoms. The standard InChI is InChI=1S/C21H25N3O3/c1-21(2,3)20(27)23-17-8-6-7-15(13-17)18(25)22-16-11-9-14(10-12-16)19(26)24(4)5/h6-13H,1-5H3,(H,22,25)(H,23,27). The monoisotopic (exact) mass is 367 g/mol. The summed E-state index contributed by atoms with van der Waals surface area (Å²) in [5.41, 5.74) is 1.60. The summed E-state index contributed by atoms with van der Waals surface area (Å²) in [6.45, 7) is 5.47. The molecule has 0 spiro atoms. The van der Waals surface area contributed by atoms with Crippen molar-refractivity contribution in [1.82, 2.24) is 4.90 Å². The van der Waals surface area contributed by atoms with Crippen LogP contribution in [0.15, 0.2) is 48.5 Å². The Hall–Kier alpha value is -3.15. The first-order valence-corrected chi connectivity index (χ1v) is 8.62. The second kappa shape index (κ2) is 8.03. The predicted octanol–water partition coefficient (Wildman–Crippen LogP) is 3.63. The minimum atomic E-state index is -0.524. The SMILES string of the molecule is CN(C)C(=O)c1ccc(NC(=O)c2cccc(NC(=O)C(C)(C)C)c2)cc1. The molecule has 0 bridgehead atoms. The van der Waals surface area contributed by atoms with Crippen LogP contribution in [0.4, 0.5) is 11.4 Å². The second-order valence-corrected chi connectivity index (χ2v) is 7.52. The van der Waals surface area contributed by atoms with Crippen LogP contribution < -0.4 is 10.6 Å². The van der Waals surface area contributed by atoms with E-state index in [2.05, 4.69) is 10.6 Å². The van der Waals surface area contributed by atoms with Crippen molar-refractivity contribution in [2.75, 3.05) is 24.7 Å². The van der Waals surface area contributed by atoms with Crippen LogP contribution in [-0.4, -0.2) is 36.7 Å². The van der Waals surface area contributed by atoms with Crippen molar-refractivity contribution in [1.29, 1.82) is 0 Å². The van der Waals surface area contributed by atoms with Crippen LogP contribution in [0, 0.1) is 5.41 Å². The molecule has 0 saturated heterocycles. The third-order valence-electron chi connectivity index (χ3n) is 3.86. The number of carbonyl (C=O) groups excluding carboxylic acids is 3. The molecule has 0 aromatic heterocycles. The Morgan fingerprint density at radius 3 is 2.00 bits per heavy atom. The van der Waals surface area contributed by atoms with Gasteiger partial charge in [-0.25, -0.2) is 0 Å². The van der Waals surface area contributed by atoms with Crippen molar-refractivity contribution in [2.24, 2.45) is 5.41 Å². The average molecular weight is 367 g/mol. The predicted molar refractivity (Wildman–Crippen MR) is 107 cm³/mol. The highest BCUT2D eigenvalue weighted by atomic mass is 16.2. The van der Waals surface area contributed by atoms with Crippen LogP contribution >= 0.6 is 0 Å². The van der Waals surface area contributed by atoms with Crippen LogP contribution in [0.1, 0.15) is 41.5 Å². The summed E-state index contributed by atoms with van der Waals surface area (Å²) in [5.74, 6) is -0.523. The van der Waals surface area contributed by atoms with E-state index in [0.29, 0.717) is 22.5 Å². The number of hydrogen-bond acceptors (Lipinski definition) is 3. The maximum atomic E-state index is 12.5. The van der Waals surface area contributed by atoms with Crippen molar-refractivity contribution in [3.05, 3.63) is 59.7 Å². The number of nitrogens with one attached hydrogen (secondary N) is 2. The van der Waals surface area contributed by atoms with E-state index in [-0.39, 0.29) is 17.7 Å². The van der Waals surface area contributed by atoms with Gasteiger partial charge < -0.3 is 15.5 Å². The fourth-order valence-corrected chi connectivity index (χ4v) is 2.21. The molecule has 0 aliphatic heterocycles. The van der Waals surface area contributed by atoms with E-state index in [1.165, 1.54) is 4.90 Å². The zero-order valence-electron chi connectivity index (χ0n) is 16.3. The second-order valence-electron chi connectivity index (χ2n) is 7.52. The lowest BCUT2D eigenvalue weighted by Crippen LogP contribution is -2.27. The number of amides is 3. The minimum Gasteiger partial charge on any atom is -0.345 e. The summed E-state index contributed by atoms with van der Waals surface area (Å²) in [6.07, 6.45) is 0. The van der Waals surface area contributed by atoms with E-state index >= 15 is 0 Å². The van der Waals surface area contributed by atoms with E-state index in [1.807, 2.05) is 20.8 Å². The third-order valence-corrected chi connectivity index (χ3v) is 3.86. The molecule has 2 aromatic carbocycles. The van der Waals surface area contributed by atoms with Crippen molar-refractivity contribution in [3.8, 4) is 0 Å². The summed E-state index contributed by atoms with van der Waals surface area (Å²) in [4.78, 5) is 38.0. The van der Waals surface area contributed by atoms with Crippen LogP contribution in [0.3, 0.4) is 0 Å². The summed E-state index contributed by atoms with van der Waals surface area (Å²) in [7, 11) is 3.37. The van der Waals surface area contributed by atoms with Gasteiger partial charge in [0.15, 0.2) is 0 Å². The molecule has 0 saturated carbocycles. The molecule has 2 aromatic rings. The molecule has 2 rings (SSSR count). The molecular formula is C21H25N3O3. The van der Waals surface area contributed by atoms with Gasteiger partial charge in [-0.1, -0.05) is 26.8 Å². The number of nitrogens with zero attached hydrogens (tertiary/aromatic N) is 1. The maximum absolute atomic E-state index is 12.5. The molecule has 142 valence electrons. The van der Waals surface area contributed by atoms with Gasteiger partial charge in [0.05, 0.1) is 0 Å². The van der Waals surface area contributed by atoms with Gasteiger partial charge in [-0.05, 0) is 42.5 Å². The van der Waals surface area contributed by atoms with Gasteiger partial charge in [0.2, 0.25) is 5.91 Å². The molecule has 3 amide bonds. The zero-order chi connectivity index (χ0) is 20.2. The third kappa shape index (κ3) is 5.41. The molecule has 0 fully saturated rings. The Balaban J connectivity index is 2.09. The fourth-order valence-electron chi connectivity index (χ4n) is 2.21. The Kier molecular flexibility index (Phi) is 6.00. The minimum absolute atomic E-state index is 0.102. The number of benzene rings is 2. The highest BCUT2D eigenvalue weighted by Gasteiger charge is 2.21. The molecule has 0 aliphatic carbocycles. The van der Waals surface area contributed by atoms with Gasteiger partial charge in [-0.2, -0.15) is 0 Å². The van der Waals surface area contributed by atoms with Gasteiger partial charge in [0.25, 0.3) is 11.8 Å². The van der Waals surface area contributed by atoms with Crippen LogP contribution in [0.5, 0.6) is 0 Å². The maximum Gasteiger partial charge on any atom is 0.255 e. The van der Waals surface area contributed by atoms with Crippen LogP contribution in [0.25, 0.3) is 0 Å². The lowest BCUT2D eigenvalue weighted by Gasteiger charge is -2.18. The topological polar surface area (TPSA) is 78.5 Å². The van der Waals surface area contributed by atoms with Crippen LogP contribution in [0.2, 0.25) is 0 Å². The Morgan fingerprint density at radius 2 is 1.44 bits per heavy atom. The zero-order valence-corrected chi connectivity index (χ0v) is 16.3. The molecule has 0 aliphatic rings. The largest absolute Gasteiger partial charge is 0.345 e. The van der Waals surface area contributed by atoms with Gasteiger partial charge >= 0.3 is 0 Å². The van der Waals surface area contributed by atoms with Gasteiger partial charge in [-0.15, -0.1) is 0 Å². The van der Waals surface area contributed by atoms with E-state index in [0.717, 1.165) is 0 Å². The fraction of sp³-hybridized carbons (Fsp3) is 0.286. The highest BCUT2D eigenvalue weighted by Crippen LogP contribution is 2.19. The lowest BCUT2D eigenvalue weighted by molar-refractivity contribution is -0.123. The number of carbonyl (C=O) groups is 3. The quantitative estimate of drug-likeness (QED) is 0.866. The summed E-state index contributed by atoms with van der Waals surface area (Å²) in [5, 5.41) is 5.60. The summed E-state index contributed by atoms with van der Waals surface area (Å²) in [6, 6.07) is 13.4. The number of hydrogen-bond donors (Lipinski definition) is 2. The van der Waals surface area contributed by atoms with E-state index in [9.17, 15) is 14.4 Å². The normalized spacial score (nSPS) is 10.9. The van der Waals surface area contributed by atoms with Crippen molar-refractivity contribution >= 4 is 29.1 Å². The number of anilines is 2. The van der Waals surface area contributed by atoms with E-state index in [4.69, 9.17) is 0 Å². The van der Waals surface area contributed by atoms with Gasteiger partial charge in [0, 0.05) is 42.0 Å². The first-order chi connectivity index (χ1) is 12.6. The van der Waals surface area contributed by atoms with Crippen molar-refractivity contribution in [3.63, 3.8) is 0 Å². The number of rotatable bonds is 4. The molecule has 0 radical (unpaired) electrons. The summed E-state index contributed by atoms with van der Waals surface area (Å²) >= 11 is 0. The Morgan fingerprint density at radius 1 is 0.815 bits per heavy atom. The summed E-state index contributed by atoms with van der Waals surface area (Å²) < 4.78 is 0. The molecule has 6 nitrogen and oxygen atoms in total. The highest BCUT2D eigenvalue weighted by molar-refractivity contribution is 6.05. The smallest absolute Gasteiger partial charge is 0.255 e. The van der Waals surface area contributed by atoms with E-state index < -0.39 is 5.41 Å². The Bertz CT molecular complexity index is 850. The Labute approximate surface area is 159 Å². The molecule has 6 heteroatoms.